The Kier molecular flexibility index (Phi) is 5.09. The summed E-state index contributed by atoms with van der Waals surface area (Å²) < 4.78 is 14.3. The number of rotatable bonds is 7. The molecule has 0 aliphatic carbocycles. The number of nitrogens with two attached hydrogens (primary N) is 1. The smallest absolute Gasteiger partial charge is 0.345 e. The normalized spacial score (nSPS) is 18.0. The molecule has 0 radical (unpaired) electrons. The second-order valence-electron chi connectivity index (χ2n) is 5.41. The van der Waals surface area contributed by atoms with Crippen LogP contribution in [0.15, 0.2) is 30.6 Å². The molecule has 2 aromatic heterocycles. The van der Waals surface area contributed by atoms with Gasteiger partial charge in [-0.3, -0.25) is 0 Å². The molecule has 6 N–H and O–H groups in total. The predicted octanol–water partition coefficient (Wildman–Crippen LogP) is -2.59. The number of carboxylic acid groups (broad SMARTS) is 1. The molecule has 0 spiro atoms. The molecule has 3 unspecified atom stereocenters. The highest BCUT2D eigenvalue weighted by molar-refractivity contribution is 7.53. The summed E-state index contributed by atoms with van der Waals surface area (Å²) in [4.78, 5) is 31.7. The number of carboxylic acids is 1. The van der Waals surface area contributed by atoms with Crippen molar-refractivity contribution in [2.75, 3.05) is 6.54 Å². The number of aliphatic hydroxyl groups excluding tert-OH is 1. The van der Waals surface area contributed by atoms with Crippen LogP contribution in [0.4, 0.5) is 0 Å². The summed E-state index contributed by atoms with van der Waals surface area (Å²) in [7, 11) is -5.60. The zero-order valence-corrected chi connectivity index (χ0v) is 13.4. The van der Waals surface area contributed by atoms with Gasteiger partial charge in [0.05, 0.1) is 12.6 Å². The van der Waals surface area contributed by atoms with Crippen molar-refractivity contribution in [3.05, 3.63) is 36.3 Å². The number of aromatic nitrogens is 2. The molecule has 2 rings (SSSR count). The number of nitrogens with zero attached hydrogens (tertiary/aromatic N) is 2. The lowest BCUT2D eigenvalue weighted by Crippen LogP contribution is -2.44. The van der Waals surface area contributed by atoms with Gasteiger partial charge in [-0.2, -0.15) is 4.40 Å². The highest BCUT2D eigenvalue weighted by Crippen LogP contribution is 2.46. The van der Waals surface area contributed by atoms with E-state index in [0.717, 1.165) is 0 Å². The van der Waals surface area contributed by atoms with Gasteiger partial charge in [-0.1, -0.05) is 6.07 Å². The molecule has 0 amide bonds. The van der Waals surface area contributed by atoms with E-state index in [0.29, 0.717) is 5.65 Å². The Hall–Kier alpha value is -1.81. The van der Waals surface area contributed by atoms with Crippen LogP contribution in [-0.2, 0) is 22.3 Å². The number of aliphatic hydroxyl groups is 2. The molecule has 11 heteroatoms. The Morgan fingerprint density at radius 3 is 2.71 bits per heavy atom. The molecule has 0 saturated heterocycles. The van der Waals surface area contributed by atoms with Crippen LogP contribution in [0.2, 0.25) is 0 Å². The summed E-state index contributed by atoms with van der Waals surface area (Å²) in [6.45, 7) is 0.0850. The SMILES string of the molecule is NCC(O)C[n+]1cc(CC(O)(C(=O)O)P(=O)([O-])O)n2ccccc21. The van der Waals surface area contributed by atoms with Gasteiger partial charge in [-0.05, 0) is 6.07 Å². The van der Waals surface area contributed by atoms with Crippen LogP contribution < -0.4 is 15.2 Å². The molecule has 0 saturated carbocycles. The third-order valence-electron chi connectivity index (χ3n) is 3.66. The maximum atomic E-state index is 11.3. The maximum absolute atomic E-state index is 11.3. The van der Waals surface area contributed by atoms with Crippen molar-refractivity contribution in [3.8, 4) is 0 Å². The van der Waals surface area contributed by atoms with E-state index in [1.54, 1.807) is 22.8 Å². The Balaban J connectivity index is 2.53. The lowest BCUT2D eigenvalue weighted by molar-refractivity contribution is -0.678. The van der Waals surface area contributed by atoms with Crippen molar-refractivity contribution in [2.24, 2.45) is 5.73 Å². The average molecular weight is 359 g/mol. The van der Waals surface area contributed by atoms with E-state index in [-0.39, 0.29) is 18.8 Å². The van der Waals surface area contributed by atoms with Gasteiger partial charge < -0.3 is 35.4 Å². The molecule has 2 heterocycles. The molecular weight excluding hydrogens is 341 g/mol. The first kappa shape index (κ1) is 18.5. The van der Waals surface area contributed by atoms with Crippen LogP contribution >= 0.6 is 7.60 Å². The van der Waals surface area contributed by atoms with Gasteiger partial charge in [-0.15, -0.1) is 0 Å². The highest BCUT2D eigenvalue weighted by atomic mass is 31.2. The summed E-state index contributed by atoms with van der Waals surface area (Å²) in [5, 5.41) is 25.3. The second-order valence-corrected chi connectivity index (χ2v) is 7.19. The minimum atomic E-state index is -5.60. The standard InChI is InChI=1S/C13H18N3O7P/c14-6-10(17)8-15-7-9(16-4-2-1-3-11(15)16)5-13(20,12(18)19)24(21,22)23/h1-4,7,10,17,20H,5-6,8,14H2,(H2-,18,19,21,22,23). The average Bonchev–Trinajstić information content (AvgIpc) is 2.84. The van der Waals surface area contributed by atoms with E-state index in [9.17, 15) is 24.5 Å². The molecule has 0 fully saturated rings. The van der Waals surface area contributed by atoms with Crippen LogP contribution in [0.3, 0.4) is 0 Å². The van der Waals surface area contributed by atoms with E-state index in [1.807, 2.05) is 0 Å². The zero-order chi connectivity index (χ0) is 18.1. The van der Waals surface area contributed by atoms with Crippen molar-refractivity contribution < 1.29 is 39.0 Å². The first-order chi connectivity index (χ1) is 11.1. The number of imidazole rings is 1. The molecule has 10 nitrogen and oxygen atoms in total. The van der Waals surface area contributed by atoms with Gasteiger partial charge in [0, 0.05) is 12.6 Å². The number of fused-ring (bicyclic) bond motifs is 1. The van der Waals surface area contributed by atoms with Crippen LogP contribution in [0.1, 0.15) is 5.69 Å². The van der Waals surface area contributed by atoms with E-state index in [1.165, 1.54) is 16.8 Å². The topological polar surface area (TPSA) is 172 Å². The van der Waals surface area contributed by atoms with Crippen molar-refractivity contribution in [3.63, 3.8) is 0 Å². The van der Waals surface area contributed by atoms with Crippen LogP contribution in [-0.4, -0.2) is 48.6 Å². The van der Waals surface area contributed by atoms with Gasteiger partial charge in [0.1, 0.15) is 18.8 Å². The van der Waals surface area contributed by atoms with Crippen LogP contribution in [0.5, 0.6) is 0 Å². The van der Waals surface area contributed by atoms with Crippen molar-refractivity contribution in [2.45, 2.75) is 24.4 Å². The number of hydrogen-bond acceptors (Lipinski definition) is 6. The summed E-state index contributed by atoms with van der Waals surface area (Å²) in [6, 6.07) is 4.97. The van der Waals surface area contributed by atoms with E-state index in [4.69, 9.17) is 15.7 Å². The van der Waals surface area contributed by atoms with E-state index >= 15 is 0 Å². The van der Waals surface area contributed by atoms with Crippen LogP contribution in [0, 0.1) is 0 Å². The van der Waals surface area contributed by atoms with E-state index < -0.39 is 31.4 Å². The van der Waals surface area contributed by atoms with Crippen molar-refractivity contribution >= 4 is 19.2 Å². The number of hydrogen-bond donors (Lipinski definition) is 5. The lowest BCUT2D eigenvalue weighted by Gasteiger charge is -2.31. The molecule has 0 aromatic carbocycles. The van der Waals surface area contributed by atoms with E-state index in [2.05, 4.69) is 0 Å². The first-order valence-corrected chi connectivity index (χ1v) is 8.54. The molecule has 0 aliphatic heterocycles. The van der Waals surface area contributed by atoms with Gasteiger partial charge in [-0.25, -0.2) is 9.36 Å². The quantitative estimate of drug-likeness (QED) is 0.264. The number of aliphatic carboxylic acids is 1. The molecular formula is C13H18N3O7P. The van der Waals surface area contributed by atoms with Gasteiger partial charge in [0.25, 0.3) is 5.65 Å². The van der Waals surface area contributed by atoms with Crippen molar-refractivity contribution in [1.29, 1.82) is 0 Å². The Bertz CT molecular complexity index is 802. The summed E-state index contributed by atoms with van der Waals surface area (Å²) in [5.74, 6) is -2.08. The fraction of sp³-hybridized carbons (Fsp3) is 0.385. The monoisotopic (exact) mass is 359 g/mol. The molecule has 0 aliphatic rings. The summed E-state index contributed by atoms with van der Waals surface area (Å²) in [5.41, 5.74) is 6.01. The fourth-order valence-corrected chi connectivity index (χ4v) is 2.95. The first-order valence-electron chi connectivity index (χ1n) is 6.96. The van der Waals surface area contributed by atoms with Crippen LogP contribution in [0.25, 0.3) is 5.65 Å². The minimum absolute atomic E-state index is 0.00201. The number of pyridine rings is 1. The molecule has 132 valence electrons. The number of carbonyl (C=O) groups is 1. The molecule has 24 heavy (non-hydrogen) atoms. The lowest BCUT2D eigenvalue weighted by atomic mass is 10.2. The van der Waals surface area contributed by atoms with Gasteiger partial charge in [0.15, 0.2) is 13.3 Å². The largest absolute Gasteiger partial charge is 0.776 e. The van der Waals surface area contributed by atoms with Gasteiger partial charge in [0.2, 0.25) is 5.34 Å². The molecule has 0 bridgehead atoms. The third kappa shape index (κ3) is 3.34. The van der Waals surface area contributed by atoms with Gasteiger partial charge >= 0.3 is 5.97 Å². The zero-order valence-electron chi connectivity index (χ0n) is 12.5. The predicted molar refractivity (Wildman–Crippen MR) is 78.8 cm³/mol. The molecule has 3 atom stereocenters. The molecule has 2 aromatic rings. The Labute approximate surface area is 136 Å². The van der Waals surface area contributed by atoms with Crippen molar-refractivity contribution in [1.82, 2.24) is 4.40 Å². The Morgan fingerprint density at radius 1 is 1.50 bits per heavy atom. The Morgan fingerprint density at radius 2 is 2.17 bits per heavy atom. The maximum Gasteiger partial charge on any atom is 0.345 e. The summed E-state index contributed by atoms with van der Waals surface area (Å²) in [6.07, 6.45) is 1.18. The fourth-order valence-electron chi connectivity index (χ4n) is 2.35. The third-order valence-corrected chi connectivity index (χ3v) is 4.95. The summed E-state index contributed by atoms with van der Waals surface area (Å²) >= 11 is 0. The highest BCUT2D eigenvalue weighted by Gasteiger charge is 2.48. The second kappa shape index (κ2) is 6.60. The minimum Gasteiger partial charge on any atom is -0.776 e.